The van der Waals surface area contributed by atoms with Crippen LogP contribution in [-0.4, -0.2) is 96.0 Å². The Morgan fingerprint density at radius 1 is 0.478 bits per heavy atom. The third-order valence-corrected chi connectivity index (χ3v) is 14.3. The molecule has 0 aromatic carbocycles. The molecule has 0 aromatic rings. The Bertz CT molecular complexity index is 1310. The van der Waals surface area contributed by atoms with E-state index in [1.807, 2.05) is 0 Å². The van der Waals surface area contributed by atoms with Gasteiger partial charge in [-0.05, 0) is 38.5 Å². The summed E-state index contributed by atoms with van der Waals surface area (Å²) in [5.74, 6) is -1.97. The van der Waals surface area contributed by atoms with Gasteiger partial charge in [0.2, 0.25) is 0 Å². The smallest absolute Gasteiger partial charge is 0.306 e. The lowest BCUT2D eigenvalue weighted by molar-refractivity contribution is -0.297. The van der Waals surface area contributed by atoms with Crippen LogP contribution >= 0.6 is 0 Å². The Hall–Kier alpha value is -1.61. The topological polar surface area (TPSA) is 186 Å². The number of allylic oxidation sites excluding steroid dienone is 2. The van der Waals surface area contributed by atoms with Gasteiger partial charge in [-0.3, -0.25) is 14.1 Å². The number of unbranched alkanes of at least 4 members (excludes halogenated alkanes) is 36. The highest BCUT2D eigenvalue weighted by Crippen LogP contribution is 2.24. The van der Waals surface area contributed by atoms with Gasteiger partial charge < -0.3 is 34.3 Å². The zero-order chi connectivity index (χ0) is 50.5. The maximum absolute atomic E-state index is 12.9. The molecule has 1 heterocycles. The van der Waals surface area contributed by atoms with Crippen LogP contribution in [0.3, 0.4) is 0 Å². The molecule has 0 aromatic heterocycles. The molecule has 6 atom stereocenters. The number of carbonyl (C=O) groups excluding carboxylic acids is 2. The molecule has 12 nitrogen and oxygen atoms in total. The fourth-order valence-corrected chi connectivity index (χ4v) is 9.84. The molecule has 1 aliphatic rings. The molecule has 6 unspecified atom stereocenters. The minimum Gasteiger partial charge on any atom is -0.462 e. The number of aliphatic hydroxyl groups is 3. The number of hydrogen-bond acceptors (Lipinski definition) is 11. The van der Waals surface area contributed by atoms with Crippen molar-refractivity contribution in [2.75, 3.05) is 19.0 Å². The van der Waals surface area contributed by atoms with Crippen molar-refractivity contribution in [3.63, 3.8) is 0 Å². The molecular weight excluding hydrogens is 897 g/mol. The summed E-state index contributed by atoms with van der Waals surface area (Å²) in [6.45, 7) is 3.81. The summed E-state index contributed by atoms with van der Waals surface area (Å²) >= 11 is 0. The van der Waals surface area contributed by atoms with Gasteiger partial charge in [-0.25, -0.2) is 0 Å². The first kappa shape index (κ1) is 65.4. The molecule has 4 N–H and O–H groups in total. The summed E-state index contributed by atoms with van der Waals surface area (Å²) in [6, 6.07) is 0. The predicted octanol–water partition coefficient (Wildman–Crippen LogP) is 13.7. The van der Waals surface area contributed by atoms with Crippen LogP contribution in [0.2, 0.25) is 0 Å². The van der Waals surface area contributed by atoms with E-state index in [1.54, 1.807) is 0 Å². The molecular formula is C56H106O12S. The van der Waals surface area contributed by atoms with Crippen LogP contribution in [0.5, 0.6) is 0 Å². The Morgan fingerprint density at radius 2 is 0.826 bits per heavy atom. The van der Waals surface area contributed by atoms with E-state index in [1.165, 1.54) is 186 Å². The zero-order valence-corrected chi connectivity index (χ0v) is 45.0. The van der Waals surface area contributed by atoms with Crippen molar-refractivity contribution < 1.29 is 56.8 Å². The van der Waals surface area contributed by atoms with Gasteiger partial charge in [0.1, 0.15) is 36.8 Å². The van der Waals surface area contributed by atoms with Gasteiger partial charge in [-0.15, -0.1) is 0 Å². The molecule has 0 aliphatic carbocycles. The van der Waals surface area contributed by atoms with Crippen molar-refractivity contribution in [1.29, 1.82) is 0 Å². The van der Waals surface area contributed by atoms with E-state index in [0.717, 1.165) is 51.4 Å². The summed E-state index contributed by atoms with van der Waals surface area (Å²) in [5.41, 5.74) is 0. The Kier molecular flexibility index (Phi) is 43.8. The second-order valence-corrected chi connectivity index (χ2v) is 21.8. The third-order valence-electron chi connectivity index (χ3n) is 13.6. The Balaban J connectivity index is 2.28. The molecule has 0 amide bonds. The summed E-state index contributed by atoms with van der Waals surface area (Å²) < 4.78 is 54.4. The highest BCUT2D eigenvalue weighted by Gasteiger charge is 2.46. The maximum atomic E-state index is 12.9. The second kappa shape index (κ2) is 46.2. The van der Waals surface area contributed by atoms with Crippen LogP contribution in [0.4, 0.5) is 0 Å². The highest BCUT2D eigenvalue weighted by atomic mass is 32.2. The molecule has 0 radical (unpaired) electrons. The molecule has 0 saturated carbocycles. The number of esters is 2. The minimum absolute atomic E-state index is 0.164. The first-order chi connectivity index (χ1) is 33.5. The number of hydrogen-bond donors (Lipinski definition) is 4. The maximum Gasteiger partial charge on any atom is 0.306 e. The molecule has 1 fully saturated rings. The quantitative estimate of drug-likeness (QED) is 0.0196. The molecule has 0 spiro atoms. The average Bonchev–Trinajstić information content (AvgIpc) is 3.32. The minimum atomic E-state index is -4.60. The van der Waals surface area contributed by atoms with Crippen molar-refractivity contribution in [3.8, 4) is 0 Å². The monoisotopic (exact) mass is 1000 g/mol. The van der Waals surface area contributed by atoms with E-state index in [-0.39, 0.29) is 19.4 Å². The van der Waals surface area contributed by atoms with Gasteiger partial charge in [0.05, 0.1) is 6.61 Å². The average molecular weight is 1000 g/mol. The lowest BCUT2D eigenvalue weighted by atomic mass is 10.00. The fourth-order valence-electron chi connectivity index (χ4n) is 9.15. The largest absolute Gasteiger partial charge is 0.462 e. The second-order valence-electron chi connectivity index (χ2n) is 20.3. The number of aliphatic hydroxyl groups excluding tert-OH is 3. The number of carbonyl (C=O) groups is 2. The number of rotatable bonds is 50. The van der Waals surface area contributed by atoms with Crippen LogP contribution < -0.4 is 0 Å². The van der Waals surface area contributed by atoms with Crippen LogP contribution in [0.25, 0.3) is 0 Å². The van der Waals surface area contributed by atoms with E-state index in [4.69, 9.17) is 18.9 Å². The van der Waals surface area contributed by atoms with Gasteiger partial charge >= 0.3 is 11.9 Å². The van der Waals surface area contributed by atoms with Gasteiger partial charge in [0.25, 0.3) is 10.1 Å². The molecule has 408 valence electrons. The molecule has 0 bridgehead atoms. The lowest BCUT2D eigenvalue weighted by Crippen LogP contribution is -2.60. The van der Waals surface area contributed by atoms with Gasteiger partial charge in [0.15, 0.2) is 12.4 Å². The Labute approximate surface area is 422 Å². The van der Waals surface area contributed by atoms with Gasteiger partial charge in [-0.2, -0.15) is 8.42 Å². The van der Waals surface area contributed by atoms with Crippen LogP contribution in [0.1, 0.15) is 277 Å². The predicted molar refractivity (Wildman–Crippen MR) is 280 cm³/mol. The summed E-state index contributed by atoms with van der Waals surface area (Å²) in [5, 5.41) is 31.0. The van der Waals surface area contributed by atoms with Gasteiger partial charge in [-0.1, -0.05) is 238 Å². The lowest BCUT2D eigenvalue weighted by Gasteiger charge is -2.40. The number of ether oxygens (including phenoxy) is 4. The summed E-state index contributed by atoms with van der Waals surface area (Å²) in [7, 11) is -4.60. The van der Waals surface area contributed by atoms with E-state index in [0.29, 0.717) is 12.8 Å². The summed E-state index contributed by atoms with van der Waals surface area (Å²) in [4.78, 5) is 25.6. The first-order valence-electron chi connectivity index (χ1n) is 28.7. The van der Waals surface area contributed by atoms with Crippen molar-refractivity contribution in [1.82, 2.24) is 0 Å². The van der Waals surface area contributed by atoms with Crippen molar-refractivity contribution >= 4 is 22.1 Å². The van der Waals surface area contributed by atoms with Crippen molar-refractivity contribution in [2.24, 2.45) is 0 Å². The van der Waals surface area contributed by atoms with E-state index in [2.05, 4.69) is 26.0 Å². The zero-order valence-electron chi connectivity index (χ0n) is 44.2. The Morgan fingerprint density at radius 3 is 1.20 bits per heavy atom. The van der Waals surface area contributed by atoms with Crippen LogP contribution in [-0.2, 0) is 38.7 Å². The standard InChI is InChI=1S/C56H106O12S/c1-3-5-7-9-11-13-15-17-19-21-22-23-24-25-26-27-29-30-32-34-36-38-40-42-44-51(57)65-46-49(47-66-56-55(61)54(60)53(59)50(68-56)48-69(62,63)64)67-52(58)45-43-41-39-37-35-33-31-28-20-18-16-14-12-10-8-6-4-2/h18,20,49-50,53-56,59-61H,3-17,19,21-48H2,1-2H3,(H,62,63,64)/b20-18-. The fraction of sp³-hybridized carbons (Fsp3) is 0.929. The van der Waals surface area contributed by atoms with E-state index < -0.39 is 71.2 Å². The first-order valence-corrected chi connectivity index (χ1v) is 30.4. The molecule has 1 rings (SSSR count). The molecule has 1 aliphatic heterocycles. The summed E-state index contributed by atoms with van der Waals surface area (Å²) in [6.07, 6.45) is 44.0. The molecule has 13 heteroatoms. The van der Waals surface area contributed by atoms with Crippen LogP contribution in [0, 0.1) is 0 Å². The molecule has 69 heavy (non-hydrogen) atoms. The van der Waals surface area contributed by atoms with Crippen molar-refractivity contribution in [2.45, 2.75) is 314 Å². The van der Waals surface area contributed by atoms with E-state index in [9.17, 15) is 37.9 Å². The highest BCUT2D eigenvalue weighted by molar-refractivity contribution is 7.85. The van der Waals surface area contributed by atoms with E-state index >= 15 is 0 Å². The normalized spacial score (nSPS) is 19.1. The molecule has 1 saturated heterocycles. The third kappa shape index (κ3) is 40.5. The van der Waals surface area contributed by atoms with Crippen molar-refractivity contribution in [3.05, 3.63) is 12.2 Å². The SMILES string of the molecule is CCCCCCCC/C=C\CCCCCCCCCC(=O)OC(COC(=O)CCCCCCCCCCCCCCCCCCCCCCCCCC)COC1OC(CS(=O)(=O)O)C(O)C(O)C1O. The van der Waals surface area contributed by atoms with Crippen LogP contribution in [0.15, 0.2) is 12.2 Å². The van der Waals surface area contributed by atoms with Gasteiger partial charge in [0, 0.05) is 12.8 Å².